The van der Waals surface area contributed by atoms with E-state index in [-0.39, 0.29) is 6.54 Å². The molecular weight excluding hydrogens is 300 g/mol. The van der Waals surface area contributed by atoms with Gasteiger partial charge in [-0.15, -0.1) is 0 Å². The van der Waals surface area contributed by atoms with Crippen molar-refractivity contribution in [3.63, 3.8) is 0 Å². The maximum Gasteiger partial charge on any atom is 0.427 e. The number of allylic oxidation sites excluding steroid dienone is 1. The highest BCUT2D eigenvalue weighted by atomic mass is 19.4. The monoisotopic (exact) mass is 321 g/mol. The van der Waals surface area contributed by atoms with Gasteiger partial charge in [0.1, 0.15) is 0 Å². The van der Waals surface area contributed by atoms with E-state index in [1.807, 2.05) is 0 Å². The SMILES string of the molecule is CC(C)=CCCN(CC(O)(C(F)(F)F)C(F)(F)F)C(C)C. The molecular formula is C13H21F6NO. The highest BCUT2D eigenvalue weighted by Gasteiger charge is 2.70. The first-order valence-electron chi connectivity index (χ1n) is 6.45. The summed E-state index contributed by atoms with van der Waals surface area (Å²) in [6.45, 7) is 4.99. The van der Waals surface area contributed by atoms with Crippen molar-refractivity contribution in [3.8, 4) is 0 Å². The second-order valence-electron chi connectivity index (χ2n) is 5.49. The topological polar surface area (TPSA) is 23.5 Å². The Morgan fingerprint density at radius 2 is 1.48 bits per heavy atom. The Hall–Kier alpha value is -0.760. The van der Waals surface area contributed by atoms with E-state index in [2.05, 4.69) is 0 Å². The Morgan fingerprint density at radius 1 is 1.05 bits per heavy atom. The molecule has 0 aromatic carbocycles. The Labute approximate surface area is 120 Å². The van der Waals surface area contributed by atoms with Gasteiger partial charge in [0, 0.05) is 19.1 Å². The molecule has 126 valence electrons. The second kappa shape index (κ2) is 7.00. The number of hydrogen-bond acceptors (Lipinski definition) is 2. The fraction of sp³-hybridized carbons (Fsp3) is 0.846. The molecule has 0 fully saturated rings. The number of hydrogen-bond donors (Lipinski definition) is 1. The maximum atomic E-state index is 12.7. The molecule has 0 radical (unpaired) electrons. The third-order valence-corrected chi connectivity index (χ3v) is 3.07. The van der Waals surface area contributed by atoms with Crippen LogP contribution in [0.25, 0.3) is 0 Å². The summed E-state index contributed by atoms with van der Waals surface area (Å²) in [7, 11) is 0. The molecule has 0 aliphatic carbocycles. The first-order chi connectivity index (χ1) is 9.22. The predicted molar refractivity (Wildman–Crippen MR) is 67.8 cm³/mol. The number of alkyl halides is 6. The average molecular weight is 321 g/mol. The molecule has 0 saturated heterocycles. The molecule has 1 N–H and O–H groups in total. The van der Waals surface area contributed by atoms with Crippen molar-refractivity contribution >= 4 is 0 Å². The van der Waals surface area contributed by atoms with Crippen molar-refractivity contribution in [2.45, 2.75) is 58.1 Å². The van der Waals surface area contributed by atoms with Crippen LogP contribution in [-0.2, 0) is 0 Å². The van der Waals surface area contributed by atoms with Crippen LogP contribution in [-0.4, -0.2) is 47.1 Å². The van der Waals surface area contributed by atoms with E-state index >= 15 is 0 Å². The molecule has 2 nitrogen and oxygen atoms in total. The summed E-state index contributed by atoms with van der Waals surface area (Å²) in [5.74, 6) is 0. The Morgan fingerprint density at radius 3 is 1.76 bits per heavy atom. The summed E-state index contributed by atoms with van der Waals surface area (Å²) in [6.07, 6.45) is -9.54. The van der Waals surface area contributed by atoms with Gasteiger partial charge >= 0.3 is 12.4 Å². The van der Waals surface area contributed by atoms with Crippen molar-refractivity contribution in [1.29, 1.82) is 0 Å². The Balaban J connectivity index is 5.22. The Bertz CT molecular complexity index is 341. The van der Waals surface area contributed by atoms with Crippen molar-refractivity contribution in [3.05, 3.63) is 11.6 Å². The standard InChI is InChI=1S/C13H21F6NO/c1-9(2)6-5-7-20(10(3)4)8-11(21,12(14,15)16)13(17,18)19/h6,10,21H,5,7-8H2,1-4H3. The first-order valence-corrected chi connectivity index (χ1v) is 6.45. The number of aliphatic hydroxyl groups is 1. The molecule has 8 heteroatoms. The van der Waals surface area contributed by atoms with E-state index < -0.39 is 30.5 Å². The normalized spacial score (nSPS) is 14.0. The molecule has 0 aromatic heterocycles. The maximum absolute atomic E-state index is 12.7. The first kappa shape index (κ1) is 20.2. The lowest BCUT2D eigenvalue weighted by atomic mass is 10.0. The lowest BCUT2D eigenvalue weighted by Crippen LogP contribution is -2.63. The minimum atomic E-state index is -5.78. The number of halogens is 6. The fourth-order valence-electron chi connectivity index (χ4n) is 1.67. The van der Waals surface area contributed by atoms with Crippen molar-refractivity contribution in [2.24, 2.45) is 0 Å². The van der Waals surface area contributed by atoms with Gasteiger partial charge in [-0.25, -0.2) is 0 Å². The second-order valence-corrected chi connectivity index (χ2v) is 5.49. The average Bonchev–Trinajstić information content (AvgIpc) is 2.23. The van der Waals surface area contributed by atoms with E-state index in [9.17, 15) is 31.4 Å². The van der Waals surface area contributed by atoms with Gasteiger partial charge in [0.25, 0.3) is 5.60 Å². The van der Waals surface area contributed by atoms with Crippen molar-refractivity contribution in [1.82, 2.24) is 4.90 Å². The zero-order chi connectivity index (χ0) is 17.1. The van der Waals surface area contributed by atoms with Crippen molar-refractivity contribution in [2.75, 3.05) is 13.1 Å². The van der Waals surface area contributed by atoms with Gasteiger partial charge in [-0.3, -0.25) is 4.90 Å². The lowest BCUT2D eigenvalue weighted by Gasteiger charge is -2.38. The molecule has 0 unspecified atom stereocenters. The van der Waals surface area contributed by atoms with Gasteiger partial charge < -0.3 is 5.11 Å². The minimum absolute atomic E-state index is 0.00266. The van der Waals surface area contributed by atoms with Gasteiger partial charge in [0.15, 0.2) is 0 Å². The molecule has 0 amide bonds. The van der Waals surface area contributed by atoms with Crippen LogP contribution < -0.4 is 0 Å². The molecule has 0 spiro atoms. The van der Waals surface area contributed by atoms with Crippen LogP contribution >= 0.6 is 0 Å². The van der Waals surface area contributed by atoms with Gasteiger partial charge in [-0.2, -0.15) is 26.3 Å². The predicted octanol–water partition coefficient (Wildman–Crippen LogP) is 3.91. The molecule has 0 atom stereocenters. The highest BCUT2D eigenvalue weighted by molar-refractivity contribution is 4.98. The van der Waals surface area contributed by atoms with Crippen LogP contribution in [0, 0.1) is 0 Å². The third-order valence-electron chi connectivity index (χ3n) is 3.07. The summed E-state index contributed by atoms with van der Waals surface area (Å²) in [5, 5.41) is 9.21. The summed E-state index contributed by atoms with van der Waals surface area (Å²) in [4.78, 5) is 0.973. The van der Waals surface area contributed by atoms with Gasteiger partial charge in [0.2, 0.25) is 0 Å². The minimum Gasteiger partial charge on any atom is -0.373 e. The summed E-state index contributed by atoms with van der Waals surface area (Å²) >= 11 is 0. The van der Waals surface area contributed by atoms with Crippen LogP contribution in [0.15, 0.2) is 11.6 Å². The quantitative estimate of drug-likeness (QED) is 0.592. The third kappa shape index (κ3) is 5.50. The van der Waals surface area contributed by atoms with Crippen LogP contribution in [0.2, 0.25) is 0 Å². The van der Waals surface area contributed by atoms with Gasteiger partial charge in [0.05, 0.1) is 0 Å². The van der Waals surface area contributed by atoms with Crippen LogP contribution in [0.4, 0.5) is 26.3 Å². The summed E-state index contributed by atoms with van der Waals surface area (Å²) in [6, 6.07) is -0.563. The lowest BCUT2D eigenvalue weighted by molar-refractivity contribution is -0.371. The van der Waals surface area contributed by atoms with Crippen LogP contribution in [0.5, 0.6) is 0 Å². The van der Waals surface area contributed by atoms with Crippen molar-refractivity contribution < 1.29 is 31.4 Å². The number of nitrogens with zero attached hydrogens (tertiary/aromatic N) is 1. The molecule has 0 bridgehead atoms. The van der Waals surface area contributed by atoms with E-state index in [4.69, 9.17) is 0 Å². The van der Waals surface area contributed by atoms with Crippen LogP contribution in [0.1, 0.15) is 34.1 Å². The zero-order valence-electron chi connectivity index (χ0n) is 12.4. The van der Waals surface area contributed by atoms with Gasteiger partial charge in [-0.05, 0) is 34.1 Å². The molecule has 0 aliphatic rings. The van der Waals surface area contributed by atoms with E-state index in [1.54, 1.807) is 19.9 Å². The summed E-state index contributed by atoms with van der Waals surface area (Å²) < 4.78 is 76.0. The molecule has 0 saturated carbocycles. The molecule has 0 aliphatic heterocycles. The summed E-state index contributed by atoms with van der Waals surface area (Å²) in [5.41, 5.74) is -3.81. The number of rotatable bonds is 6. The molecule has 0 heterocycles. The largest absolute Gasteiger partial charge is 0.427 e. The van der Waals surface area contributed by atoms with E-state index in [1.165, 1.54) is 13.8 Å². The fourth-order valence-corrected chi connectivity index (χ4v) is 1.67. The van der Waals surface area contributed by atoms with E-state index in [0.29, 0.717) is 6.42 Å². The highest BCUT2D eigenvalue weighted by Crippen LogP contribution is 2.43. The molecule has 0 aromatic rings. The molecule has 0 rings (SSSR count). The van der Waals surface area contributed by atoms with Crippen LogP contribution in [0.3, 0.4) is 0 Å². The smallest absolute Gasteiger partial charge is 0.373 e. The molecule has 21 heavy (non-hydrogen) atoms. The Kier molecular flexibility index (Phi) is 6.75. The van der Waals surface area contributed by atoms with E-state index in [0.717, 1.165) is 10.5 Å². The zero-order valence-corrected chi connectivity index (χ0v) is 12.4. The van der Waals surface area contributed by atoms with Gasteiger partial charge in [-0.1, -0.05) is 11.6 Å².